The van der Waals surface area contributed by atoms with E-state index in [1.165, 1.54) is 30.4 Å². The molecular weight excluding hydrogens is 321 g/mol. The highest BCUT2D eigenvalue weighted by Crippen LogP contribution is 2.41. The molecule has 0 amide bonds. The van der Waals surface area contributed by atoms with E-state index in [1.807, 2.05) is 0 Å². The van der Waals surface area contributed by atoms with Crippen molar-refractivity contribution in [3.05, 3.63) is 64.2 Å². The summed E-state index contributed by atoms with van der Waals surface area (Å²) in [5.74, 6) is 0.478. The molecule has 1 aromatic carbocycles. The molecule has 1 aliphatic carbocycles. The largest absolute Gasteiger partial charge is 0.217 e. The van der Waals surface area contributed by atoms with Crippen molar-refractivity contribution < 1.29 is 4.39 Å². The van der Waals surface area contributed by atoms with Crippen LogP contribution >= 0.6 is 11.6 Å². The van der Waals surface area contributed by atoms with E-state index in [4.69, 9.17) is 11.6 Å². The molecule has 1 aromatic heterocycles. The molecule has 3 heteroatoms. The molecule has 1 fully saturated rings. The predicted octanol–water partition coefficient (Wildman–Crippen LogP) is 6.66. The quantitative estimate of drug-likeness (QED) is 0.552. The molecule has 0 aliphatic heterocycles. The Balaban J connectivity index is 1.60. The average molecular weight is 346 g/mol. The molecule has 0 atom stereocenters. The highest BCUT2D eigenvalue weighted by Gasteiger charge is 2.25. The number of aryl methyl sites for hydroxylation is 1. The maximum absolute atomic E-state index is 14.0. The van der Waals surface area contributed by atoms with Gasteiger partial charge in [0.05, 0.1) is 0 Å². The van der Waals surface area contributed by atoms with Crippen molar-refractivity contribution in [3.63, 3.8) is 0 Å². The van der Waals surface area contributed by atoms with E-state index in [1.54, 1.807) is 12.1 Å². The van der Waals surface area contributed by atoms with Crippen LogP contribution < -0.4 is 0 Å². The number of unbranched alkanes of at least 4 members (excludes halogenated alkanes) is 1. The van der Waals surface area contributed by atoms with Gasteiger partial charge in [0.15, 0.2) is 0 Å². The Bertz CT molecular complexity index is 660. The molecule has 1 saturated carbocycles. The highest BCUT2D eigenvalue weighted by molar-refractivity contribution is 6.29. The first-order chi connectivity index (χ1) is 11.7. The molecule has 0 unspecified atom stereocenters. The molecule has 24 heavy (non-hydrogen) atoms. The van der Waals surface area contributed by atoms with Crippen LogP contribution in [0.1, 0.15) is 74.0 Å². The van der Waals surface area contributed by atoms with Gasteiger partial charge < -0.3 is 0 Å². The maximum Gasteiger partial charge on any atom is 0.217 e. The van der Waals surface area contributed by atoms with E-state index in [0.717, 1.165) is 31.2 Å². The Morgan fingerprint density at radius 3 is 2.29 bits per heavy atom. The Morgan fingerprint density at radius 2 is 1.67 bits per heavy atom. The maximum atomic E-state index is 14.0. The highest BCUT2D eigenvalue weighted by atomic mass is 35.5. The number of benzene rings is 1. The number of hydrogen-bond donors (Lipinski definition) is 0. The van der Waals surface area contributed by atoms with E-state index in [2.05, 4.69) is 36.2 Å². The summed E-state index contributed by atoms with van der Waals surface area (Å²) in [5, 5.41) is 0.230. The van der Waals surface area contributed by atoms with Crippen LogP contribution in [0.4, 0.5) is 4.39 Å². The first-order valence-corrected chi connectivity index (χ1v) is 9.46. The number of rotatable bonds is 5. The van der Waals surface area contributed by atoms with Gasteiger partial charge in [0.25, 0.3) is 0 Å². The lowest BCUT2D eigenvalue weighted by atomic mass is 9.76. The minimum absolute atomic E-state index is 0.230. The predicted molar refractivity (Wildman–Crippen MR) is 98.2 cm³/mol. The fourth-order valence-electron chi connectivity index (χ4n) is 3.80. The molecule has 2 aromatic rings. The lowest BCUT2D eigenvalue weighted by Crippen LogP contribution is -2.13. The van der Waals surface area contributed by atoms with E-state index < -0.39 is 5.95 Å². The van der Waals surface area contributed by atoms with Gasteiger partial charge in [-0.05, 0) is 67.6 Å². The summed E-state index contributed by atoms with van der Waals surface area (Å²) >= 11 is 5.75. The van der Waals surface area contributed by atoms with Crippen molar-refractivity contribution in [1.29, 1.82) is 0 Å². The number of pyridine rings is 1. The molecule has 128 valence electrons. The number of halogens is 2. The molecule has 0 bridgehead atoms. The van der Waals surface area contributed by atoms with Crippen molar-refractivity contribution >= 4 is 11.6 Å². The van der Waals surface area contributed by atoms with E-state index in [-0.39, 0.29) is 11.1 Å². The third-order valence-electron chi connectivity index (χ3n) is 5.28. The van der Waals surface area contributed by atoms with Crippen molar-refractivity contribution in [3.8, 4) is 0 Å². The third kappa shape index (κ3) is 4.16. The van der Waals surface area contributed by atoms with E-state index in [0.29, 0.717) is 5.92 Å². The van der Waals surface area contributed by atoms with Gasteiger partial charge in [0, 0.05) is 5.56 Å². The van der Waals surface area contributed by atoms with E-state index >= 15 is 0 Å². The number of hydrogen-bond acceptors (Lipinski definition) is 1. The molecule has 0 saturated heterocycles. The summed E-state index contributed by atoms with van der Waals surface area (Å²) in [6.07, 6.45) is 7.92. The Labute approximate surface area is 149 Å². The molecule has 1 nitrogen and oxygen atoms in total. The van der Waals surface area contributed by atoms with Gasteiger partial charge in [0.1, 0.15) is 5.15 Å². The SMILES string of the molecule is CCCCc1ccc([C@H]2CC[C@H](c3ccc(Cl)nc3F)CC2)cc1. The summed E-state index contributed by atoms with van der Waals surface area (Å²) in [6, 6.07) is 12.6. The van der Waals surface area contributed by atoms with Crippen LogP contribution in [-0.2, 0) is 6.42 Å². The van der Waals surface area contributed by atoms with Gasteiger partial charge in [0.2, 0.25) is 5.95 Å². The average Bonchev–Trinajstić information content (AvgIpc) is 2.61. The second-order valence-electron chi connectivity index (χ2n) is 6.91. The normalized spacial score (nSPS) is 21.0. The monoisotopic (exact) mass is 345 g/mol. The zero-order valence-electron chi connectivity index (χ0n) is 14.3. The zero-order valence-corrected chi connectivity index (χ0v) is 15.0. The second-order valence-corrected chi connectivity index (χ2v) is 7.29. The fourth-order valence-corrected chi connectivity index (χ4v) is 3.94. The topological polar surface area (TPSA) is 12.9 Å². The smallest absolute Gasteiger partial charge is 0.208 e. The lowest BCUT2D eigenvalue weighted by molar-refractivity contribution is 0.384. The van der Waals surface area contributed by atoms with Crippen molar-refractivity contribution in [2.45, 2.75) is 63.7 Å². The van der Waals surface area contributed by atoms with Gasteiger partial charge in [-0.25, -0.2) is 4.98 Å². The standard InChI is InChI=1S/C21H25ClFN/c1-2-3-4-15-5-7-16(8-6-15)17-9-11-18(12-10-17)19-13-14-20(22)24-21(19)23/h5-8,13-14,17-18H,2-4,9-12H2,1H3/t17-,18-. The molecule has 1 aliphatic rings. The van der Waals surface area contributed by atoms with Gasteiger partial charge in [-0.3, -0.25) is 0 Å². The Morgan fingerprint density at radius 1 is 1.00 bits per heavy atom. The third-order valence-corrected chi connectivity index (χ3v) is 5.49. The van der Waals surface area contributed by atoms with Crippen LogP contribution in [0.3, 0.4) is 0 Å². The van der Waals surface area contributed by atoms with E-state index in [9.17, 15) is 4.39 Å². The molecule has 3 rings (SSSR count). The molecule has 1 heterocycles. The minimum Gasteiger partial charge on any atom is -0.208 e. The van der Waals surface area contributed by atoms with Crippen LogP contribution in [0.5, 0.6) is 0 Å². The summed E-state index contributed by atoms with van der Waals surface area (Å²) in [4.78, 5) is 3.76. The number of nitrogens with zero attached hydrogens (tertiary/aromatic N) is 1. The molecule has 0 radical (unpaired) electrons. The van der Waals surface area contributed by atoms with Crippen molar-refractivity contribution in [2.24, 2.45) is 0 Å². The molecular formula is C21H25ClFN. The van der Waals surface area contributed by atoms with Crippen LogP contribution in [-0.4, -0.2) is 4.98 Å². The zero-order chi connectivity index (χ0) is 16.9. The molecule has 0 N–H and O–H groups in total. The first kappa shape index (κ1) is 17.4. The fraction of sp³-hybridized carbons (Fsp3) is 0.476. The van der Waals surface area contributed by atoms with Crippen LogP contribution in [0.15, 0.2) is 36.4 Å². The van der Waals surface area contributed by atoms with Gasteiger partial charge in [-0.1, -0.05) is 55.3 Å². The van der Waals surface area contributed by atoms with Crippen LogP contribution in [0.25, 0.3) is 0 Å². The van der Waals surface area contributed by atoms with Gasteiger partial charge in [-0.2, -0.15) is 4.39 Å². The number of aromatic nitrogens is 1. The Kier molecular flexibility index (Phi) is 5.89. The molecule has 0 spiro atoms. The van der Waals surface area contributed by atoms with Crippen molar-refractivity contribution in [2.75, 3.05) is 0 Å². The van der Waals surface area contributed by atoms with Gasteiger partial charge >= 0.3 is 0 Å². The minimum atomic E-state index is -0.397. The van der Waals surface area contributed by atoms with Gasteiger partial charge in [-0.15, -0.1) is 0 Å². The summed E-state index contributed by atoms with van der Waals surface area (Å²) in [7, 11) is 0. The summed E-state index contributed by atoms with van der Waals surface area (Å²) in [5.41, 5.74) is 3.60. The lowest BCUT2D eigenvalue weighted by Gasteiger charge is -2.29. The Hall–Kier alpha value is -1.41. The van der Waals surface area contributed by atoms with Crippen LogP contribution in [0.2, 0.25) is 5.15 Å². The first-order valence-electron chi connectivity index (χ1n) is 9.08. The summed E-state index contributed by atoms with van der Waals surface area (Å²) in [6.45, 7) is 2.23. The summed E-state index contributed by atoms with van der Waals surface area (Å²) < 4.78 is 14.0. The second kappa shape index (κ2) is 8.11. The van der Waals surface area contributed by atoms with Crippen molar-refractivity contribution in [1.82, 2.24) is 4.98 Å². The van der Waals surface area contributed by atoms with Crippen LogP contribution in [0, 0.1) is 5.95 Å².